The number of carbonyl (C=O) groups excluding carboxylic acids is 1. The van der Waals surface area contributed by atoms with Gasteiger partial charge in [-0.1, -0.05) is 12.2 Å². The van der Waals surface area contributed by atoms with Gasteiger partial charge in [-0.3, -0.25) is 14.6 Å². The zero-order valence-electron chi connectivity index (χ0n) is 15.8. The van der Waals surface area contributed by atoms with Crippen molar-refractivity contribution < 1.29 is 18.0 Å². The zero-order chi connectivity index (χ0) is 21.7. The number of hydrogen-bond donors (Lipinski definition) is 3. The van der Waals surface area contributed by atoms with Gasteiger partial charge in [0.1, 0.15) is 17.5 Å². The molecule has 156 valence electrons. The molecule has 6 nitrogen and oxygen atoms in total. The van der Waals surface area contributed by atoms with Crippen molar-refractivity contribution in [1.29, 1.82) is 0 Å². The van der Waals surface area contributed by atoms with Crippen LogP contribution in [0.2, 0.25) is 0 Å². The summed E-state index contributed by atoms with van der Waals surface area (Å²) in [6, 6.07) is 6.36. The van der Waals surface area contributed by atoms with E-state index in [1.807, 2.05) is 6.08 Å². The van der Waals surface area contributed by atoms with Crippen molar-refractivity contribution in [3.05, 3.63) is 87.7 Å². The summed E-state index contributed by atoms with van der Waals surface area (Å²) in [6.07, 6.45) is 5.72. The van der Waals surface area contributed by atoms with Crippen LogP contribution in [0, 0.1) is 17.5 Å². The first-order valence-corrected chi connectivity index (χ1v) is 9.12. The lowest BCUT2D eigenvalue weighted by Crippen LogP contribution is -2.28. The topological polar surface area (TPSA) is 101 Å². The van der Waals surface area contributed by atoms with Gasteiger partial charge in [0.25, 0.3) is 5.56 Å². The number of benzene rings is 1. The van der Waals surface area contributed by atoms with Crippen LogP contribution in [0.25, 0.3) is 10.9 Å². The number of halogens is 3. The third kappa shape index (κ3) is 5.54. The minimum absolute atomic E-state index is 0.121. The second kappa shape index (κ2) is 9.36. The van der Waals surface area contributed by atoms with Crippen LogP contribution in [0.4, 0.5) is 13.2 Å². The van der Waals surface area contributed by atoms with E-state index in [4.69, 9.17) is 5.73 Å². The highest BCUT2D eigenvalue weighted by Gasteiger charge is 2.11. The van der Waals surface area contributed by atoms with E-state index in [1.54, 1.807) is 0 Å². The number of nitrogens with two attached hydrogens (primary N) is 1. The Balaban J connectivity index is 0.000000448. The van der Waals surface area contributed by atoms with E-state index >= 15 is 0 Å². The number of rotatable bonds is 4. The molecule has 3 aromatic rings. The normalized spacial score (nSPS) is 14.6. The molecule has 2 aromatic heterocycles. The van der Waals surface area contributed by atoms with Gasteiger partial charge in [-0.2, -0.15) is 0 Å². The summed E-state index contributed by atoms with van der Waals surface area (Å²) in [5.41, 5.74) is 5.29. The number of hydrogen-bond acceptors (Lipinski definition) is 4. The molecular formula is C21H19F3N4O2. The maximum absolute atomic E-state index is 13.5. The minimum atomic E-state index is -0.876. The minimum Gasteiger partial charge on any atom is -0.350 e. The standard InChI is InChI=1S/C17H12F3N3O2.C4H7N/c18-11-1-2-14-9(4-11)3-10(17(25)23-14)5-16(24)22-8-15-13(20)6-12(19)7-21-15;5-4-2-1-3-4/h1-4,6-7H,5,8H2,(H,22,24)(H,23,25);1-2,4H,3,5H2. The van der Waals surface area contributed by atoms with Crippen molar-refractivity contribution in [2.45, 2.75) is 25.4 Å². The number of nitrogens with one attached hydrogen (secondary N) is 2. The molecule has 1 aliphatic rings. The summed E-state index contributed by atoms with van der Waals surface area (Å²) in [4.78, 5) is 30.0. The van der Waals surface area contributed by atoms with E-state index in [9.17, 15) is 22.8 Å². The summed E-state index contributed by atoms with van der Waals surface area (Å²) in [7, 11) is 0. The third-order valence-corrected chi connectivity index (χ3v) is 4.36. The number of carbonyl (C=O) groups is 1. The van der Waals surface area contributed by atoms with Crippen molar-refractivity contribution >= 4 is 16.8 Å². The lowest BCUT2D eigenvalue weighted by molar-refractivity contribution is -0.120. The number of aromatic nitrogens is 2. The lowest BCUT2D eigenvalue weighted by atomic mass is 10.1. The number of amides is 1. The first kappa shape index (κ1) is 21.3. The Morgan fingerprint density at radius 1 is 1.20 bits per heavy atom. The summed E-state index contributed by atoms with van der Waals surface area (Å²) in [5, 5.41) is 2.86. The van der Waals surface area contributed by atoms with E-state index in [-0.39, 0.29) is 24.2 Å². The van der Waals surface area contributed by atoms with Crippen LogP contribution >= 0.6 is 0 Å². The van der Waals surface area contributed by atoms with Crippen LogP contribution in [0.3, 0.4) is 0 Å². The highest BCUT2D eigenvalue weighted by atomic mass is 19.1. The summed E-state index contributed by atoms with van der Waals surface area (Å²) >= 11 is 0. The second-order valence-corrected chi connectivity index (χ2v) is 6.72. The van der Waals surface area contributed by atoms with Gasteiger partial charge >= 0.3 is 0 Å². The zero-order valence-corrected chi connectivity index (χ0v) is 15.8. The molecule has 1 amide bonds. The Morgan fingerprint density at radius 2 is 1.93 bits per heavy atom. The molecule has 0 bridgehead atoms. The number of H-pyrrole nitrogens is 1. The lowest BCUT2D eigenvalue weighted by Gasteiger charge is -2.08. The van der Waals surface area contributed by atoms with Crippen LogP contribution in [0.5, 0.6) is 0 Å². The predicted molar refractivity (Wildman–Crippen MR) is 106 cm³/mol. The highest BCUT2D eigenvalue weighted by Crippen LogP contribution is 2.13. The fourth-order valence-electron chi connectivity index (χ4n) is 2.64. The Kier molecular flexibility index (Phi) is 6.63. The Labute approximate surface area is 169 Å². The number of aromatic amines is 1. The van der Waals surface area contributed by atoms with Gasteiger partial charge in [0.2, 0.25) is 5.91 Å². The predicted octanol–water partition coefficient (Wildman–Crippen LogP) is 2.47. The molecule has 0 spiro atoms. The first-order chi connectivity index (χ1) is 14.3. The number of pyridine rings is 2. The van der Waals surface area contributed by atoms with Crippen LogP contribution in [0.15, 0.2) is 53.5 Å². The van der Waals surface area contributed by atoms with Crippen molar-refractivity contribution in [2.24, 2.45) is 5.73 Å². The SMILES string of the molecule is NC1C=CC1.O=C(Cc1cc2cc(F)ccc2[nH]c1=O)NCc1ncc(F)cc1F. The Hall–Kier alpha value is -3.46. The molecule has 4 rings (SSSR count). The van der Waals surface area contributed by atoms with Crippen molar-refractivity contribution in [1.82, 2.24) is 15.3 Å². The first-order valence-electron chi connectivity index (χ1n) is 9.12. The fraction of sp³-hybridized carbons (Fsp3) is 0.190. The van der Waals surface area contributed by atoms with Gasteiger partial charge in [0.05, 0.1) is 24.9 Å². The van der Waals surface area contributed by atoms with E-state index in [0.717, 1.165) is 12.6 Å². The van der Waals surface area contributed by atoms with Crippen molar-refractivity contribution in [2.75, 3.05) is 0 Å². The second-order valence-electron chi connectivity index (χ2n) is 6.72. The fourth-order valence-corrected chi connectivity index (χ4v) is 2.64. The van der Waals surface area contributed by atoms with E-state index in [1.165, 1.54) is 24.3 Å². The molecule has 0 fully saturated rings. The quantitative estimate of drug-likeness (QED) is 0.569. The smallest absolute Gasteiger partial charge is 0.252 e. The molecule has 0 saturated carbocycles. The largest absolute Gasteiger partial charge is 0.350 e. The van der Waals surface area contributed by atoms with Crippen LogP contribution < -0.4 is 16.6 Å². The average molecular weight is 416 g/mol. The highest BCUT2D eigenvalue weighted by molar-refractivity contribution is 5.82. The molecule has 1 aromatic carbocycles. The van der Waals surface area contributed by atoms with Gasteiger partial charge in [-0.15, -0.1) is 0 Å². The molecule has 30 heavy (non-hydrogen) atoms. The molecule has 0 saturated heterocycles. The number of fused-ring (bicyclic) bond motifs is 1. The summed E-state index contributed by atoms with van der Waals surface area (Å²) in [6.45, 7) is -0.245. The Morgan fingerprint density at radius 3 is 2.57 bits per heavy atom. The number of nitrogens with zero attached hydrogens (tertiary/aromatic N) is 1. The third-order valence-electron chi connectivity index (χ3n) is 4.36. The van der Waals surface area contributed by atoms with Crippen molar-refractivity contribution in [3.63, 3.8) is 0 Å². The molecule has 1 atom stereocenters. The van der Waals surface area contributed by atoms with Gasteiger partial charge in [0, 0.05) is 28.6 Å². The molecule has 0 aliphatic heterocycles. The maximum atomic E-state index is 13.5. The van der Waals surface area contributed by atoms with Gasteiger partial charge in [-0.05, 0) is 30.7 Å². The molecular weight excluding hydrogens is 397 g/mol. The monoisotopic (exact) mass is 416 g/mol. The summed E-state index contributed by atoms with van der Waals surface area (Å²) < 4.78 is 39.5. The summed E-state index contributed by atoms with van der Waals surface area (Å²) in [5.74, 6) is -2.71. The van der Waals surface area contributed by atoms with Crippen LogP contribution in [-0.4, -0.2) is 21.9 Å². The van der Waals surface area contributed by atoms with Crippen LogP contribution in [-0.2, 0) is 17.8 Å². The Bertz CT molecular complexity index is 1160. The molecule has 2 heterocycles. The van der Waals surface area contributed by atoms with E-state index in [0.29, 0.717) is 23.0 Å². The van der Waals surface area contributed by atoms with E-state index in [2.05, 4.69) is 21.4 Å². The van der Waals surface area contributed by atoms with E-state index < -0.39 is 28.9 Å². The van der Waals surface area contributed by atoms with Gasteiger partial charge < -0.3 is 16.0 Å². The molecule has 0 radical (unpaired) electrons. The molecule has 1 unspecified atom stereocenters. The van der Waals surface area contributed by atoms with Crippen LogP contribution in [0.1, 0.15) is 17.7 Å². The van der Waals surface area contributed by atoms with Crippen molar-refractivity contribution in [3.8, 4) is 0 Å². The molecule has 4 N–H and O–H groups in total. The van der Waals surface area contributed by atoms with Gasteiger partial charge in [-0.25, -0.2) is 13.2 Å². The molecule has 1 aliphatic carbocycles. The average Bonchev–Trinajstić information content (AvgIpc) is 2.67. The molecule has 9 heteroatoms. The van der Waals surface area contributed by atoms with Gasteiger partial charge in [0.15, 0.2) is 0 Å². The maximum Gasteiger partial charge on any atom is 0.252 e.